The fourth-order valence-corrected chi connectivity index (χ4v) is 5.59. The second-order valence-electron chi connectivity index (χ2n) is 9.94. The first kappa shape index (κ1) is 23.3. The molecule has 1 atom stereocenters. The second-order valence-corrected chi connectivity index (χ2v) is 11.6. The summed E-state index contributed by atoms with van der Waals surface area (Å²) in [5.74, 6) is 1.14. The molecule has 10 heteroatoms. The van der Waals surface area contributed by atoms with Crippen molar-refractivity contribution in [2.24, 2.45) is 5.92 Å². The monoisotopic (exact) mass is 495 g/mol. The predicted octanol–water partition coefficient (Wildman–Crippen LogP) is 3.55. The van der Waals surface area contributed by atoms with Crippen LogP contribution in [0.1, 0.15) is 50.4 Å². The Hall–Kier alpha value is -3.40. The van der Waals surface area contributed by atoms with Gasteiger partial charge in [0.15, 0.2) is 5.82 Å². The maximum absolute atomic E-state index is 13.3. The number of rotatable bonds is 7. The number of ether oxygens (including phenoxy) is 1. The summed E-state index contributed by atoms with van der Waals surface area (Å²) in [6.45, 7) is 7.05. The topological polar surface area (TPSA) is 106 Å². The van der Waals surface area contributed by atoms with Crippen molar-refractivity contribution in [2.45, 2.75) is 56.6 Å². The normalized spacial score (nSPS) is 19.5. The Morgan fingerprint density at radius 2 is 1.86 bits per heavy atom. The summed E-state index contributed by atoms with van der Waals surface area (Å²) in [4.78, 5) is 20.2. The van der Waals surface area contributed by atoms with E-state index in [1.54, 1.807) is 47.3 Å². The van der Waals surface area contributed by atoms with Gasteiger partial charge in [-0.25, -0.2) is 22.8 Å². The number of nitrogens with one attached hydrogen (secondary N) is 1. The fraction of sp³-hybridized carbons (Fsp3) is 0.400. The van der Waals surface area contributed by atoms with Crippen LogP contribution in [-0.2, 0) is 10.0 Å². The average Bonchev–Trinajstić information content (AvgIpc) is 3.42. The highest BCUT2D eigenvalue weighted by Crippen LogP contribution is 2.38. The van der Waals surface area contributed by atoms with Gasteiger partial charge in [-0.2, -0.15) is 0 Å². The van der Waals surface area contributed by atoms with Crippen LogP contribution in [0.5, 0.6) is 5.88 Å². The first-order chi connectivity index (χ1) is 16.6. The first-order valence-electron chi connectivity index (χ1n) is 11.8. The lowest BCUT2D eigenvalue weighted by atomic mass is 9.97. The van der Waals surface area contributed by atoms with Gasteiger partial charge in [0, 0.05) is 24.3 Å². The van der Waals surface area contributed by atoms with E-state index in [0.29, 0.717) is 30.0 Å². The van der Waals surface area contributed by atoms with Gasteiger partial charge in [0.1, 0.15) is 11.9 Å². The number of carbonyl (C=O) groups excluding carboxylic acids is 1. The third-order valence-electron chi connectivity index (χ3n) is 6.33. The largest absolute Gasteiger partial charge is 0.473 e. The van der Waals surface area contributed by atoms with Crippen LogP contribution in [0, 0.1) is 5.92 Å². The van der Waals surface area contributed by atoms with Crippen LogP contribution in [0.25, 0.3) is 5.82 Å². The Labute approximate surface area is 205 Å². The van der Waals surface area contributed by atoms with Crippen LogP contribution in [0.3, 0.4) is 0 Å². The summed E-state index contributed by atoms with van der Waals surface area (Å²) in [5.41, 5.74) is -0.0695. The zero-order valence-electron chi connectivity index (χ0n) is 20.0. The number of hydrogen-bond acceptors (Lipinski definition) is 7. The minimum atomic E-state index is -4.03. The van der Waals surface area contributed by atoms with E-state index in [2.05, 4.69) is 35.5 Å². The summed E-state index contributed by atoms with van der Waals surface area (Å²) in [7, 11) is -4.03. The number of benzene rings is 1. The molecule has 0 bridgehead atoms. The maximum atomic E-state index is 13.3. The molecular weight excluding hydrogens is 466 g/mol. The molecule has 1 amide bonds. The summed E-state index contributed by atoms with van der Waals surface area (Å²) in [6.07, 6.45) is 4.98. The lowest BCUT2D eigenvalue weighted by molar-refractivity contribution is 0.0981. The molecule has 1 aromatic carbocycles. The molecule has 3 aromatic rings. The van der Waals surface area contributed by atoms with E-state index >= 15 is 0 Å². The van der Waals surface area contributed by atoms with E-state index in [-0.39, 0.29) is 22.1 Å². The highest BCUT2D eigenvalue weighted by Gasteiger charge is 2.39. The van der Waals surface area contributed by atoms with Crippen molar-refractivity contribution in [3.05, 3.63) is 60.3 Å². The molecule has 1 aliphatic heterocycles. The molecule has 2 aliphatic rings. The van der Waals surface area contributed by atoms with E-state index in [1.807, 2.05) is 0 Å². The smallest absolute Gasteiger partial charge is 0.268 e. The van der Waals surface area contributed by atoms with E-state index in [4.69, 9.17) is 9.72 Å². The molecule has 1 N–H and O–H groups in total. The van der Waals surface area contributed by atoms with Crippen molar-refractivity contribution in [3.8, 4) is 11.7 Å². The molecule has 1 aliphatic carbocycles. The van der Waals surface area contributed by atoms with Crippen molar-refractivity contribution in [2.75, 3.05) is 11.4 Å². The number of hydrogen-bond donors (Lipinski definition) is 1. The van der Waals surface area contributed by atoms with Crippen molar-refractivity contribution >= 4 is 21.7 Å². The molecule has 1 saturated heterocycles. The molecule has 9 nitrogen and oxygen atoms in total. The minimum absolute atomic E-state index is 0.0225. The van der Waals surface area contributed by atoms with E-state index < -0.39 is 15.9 Å². The molecule has 184 valence electrons. The summed E-state index contributed by atoms with van der Waals surface area (Å²) in [6, 6.07) is 12.9. The molecule has 0 unspecified atom stereocenters. The van der Waals surface area contributed by atoms with Crippen LogP contribution in [0.2, 0.25) is 0 Å². The van der Waals surface area contributed by atoms with Gasteiger partial charge in [-0.3, -0.25) is 4.79 Å². The van der Waals surface area contributed by atoms with Crippen LogP contribution < -0.4 is 14.4 Å². The van der Waals surface area contributed by atoms with Gasteiger partial charge in [0.05, 0.1) is 10.5 Å². The Morgan fingerprint density at radius 1 is 1.11 bits per heavy atom. The van der Waals surface area contributed by atoms with Crippen molar-refractivity contribution in [1.29, 1.82) is 0 Å². The van der Waals surface area contributed by atoms with Gasteiger partial charge in [-0.15, -0.1) is 5.10 Å². The lowest BCUT2D eigenvalue weighted by Gasteiger charge is -2.34. The van der Waals surface area contributed by atoms with Crippen LogP contribution in [0.15, 0.2) is 59.6 Å². The SMILES string of the molecule is C[C@@H]1CN(c2nc(-n3ccc(OC4CC4)n3)ccc2C(=O)NS(=O)(=O)c2ccccc2)C(C)(C)C1. The molecule has 0 spiro atoms. The van der Waals surface area contributed by atoms with Gasteiger partial charge in [-0.05, 0) is 63.3 Å². The molecule has 2 aromatic heterocycles. The van der Waals surface area contributed by atoms with Gasteiger partial charge >= 0.3 is 0 Å². The molecule has 0 radical (unpaired) electrons. The highest BCUT2D eigenvalue weighted by molar-refractivity contribution is 7.90. The number of sulfonamides is 1. The van der Waals surface area contributed by atoms with E-state index in [1.165, 1.54) is 12.1 Å². The molecule has 2 fully saturated rings. The van der Waals surface area contributed by atoms with Gasteiger partial charge in [-0.1, -0.05) is 25.1 Å². The lowest BCUT2D eigenvalue weighted by Crippen LogP contribution is -2.41. The Kier molecular flexibility index (Phi) is 5.79. The third kappa shape index (κ3) is 4.88. The maximum Gasteiger partial charge on any atom is 0.268 e. The van der Waals surface area contributed by atoms with Gasteiger partial charge in [0.2, 0.25) is 5.88 Å². The Balaban J connectivity index is 1.51. The molecule has 1 saturated carbocycles. The molecule has 5 rings (SSSR count). The standard InChI is InChI=1S/C25H29N5O4S/c1-17-15-25(2,3)29(16-17)23-20(24(31)28-35(32,33)19-7-5-4-6-8-19)11-12-21(26-23)30-14-13-22(27-30)34-18-9-10-18/h4-8,11-14,17-18H,9-10,15-16H2,1-3H3,(H,28,31)/t17-/m0/s1. The van der Waals surface area contributed by atoms with E-state index in [9.17, 15) is 13.2 Å². The average molecular weight is 496 g/mol. The summed E-state index contributed by atoms with van der Waals surface area (Å²) < 4.78 is 35.2. The van der Waals surface area contributed by atoms with Gasteiger partial charge in [0.25, 0.3) is 15.9 Å². The van der Waals surface area contributed by atoms with E-state index in [0.717, 1.165) is 19.3 Å². The van der Waals surface area contributed by atoms with Crippen molar-refractivity contribution < 1.29 is 17.9 Å². The number of carbonyl (C=O) groups is 1. The third-order valence-corrected chi connectivity index (χ3v) is 7.67. The zero-order valence-corrected chi connectivity index (χ0v) is 20.8. The minimum Gasteiger partial charge on any atom is -0.473 e. The Bertz CT molecular complexity index is 1350. The first-order valence-corrected chi connectivity index (χ1v) is 13.2. The Morgan fingerprint density at radius 3 is 2.51 bits per heavy atom. The quantitative estimate of drug-likeness (QED) is 0.534. The predicted molar refractivity (Wildman–Crippen MR) is 131 cm³/mol. The van der Waals surface area contributed by atoms with Crippen molar-refractivity contribution in [1.82, 2.24) is 19.5 Å². The molecule has 35 heavy (non-hydrogen) atoms. The van der Waals surface area contributed by atoms with Gasteiger partial charge < -0.3 is 9.64 Å². The zero-order chi connectivity index (χ0) is 24.8. The number of aromatic nitrogens is 3. The van der Waals surface area contributed by atoms with Crippen LogP contribution >= 0.6 is 0 Å². The fourth-order valence-electron chi connectivity index (χ4n) is 4.60. The summed E-state index contributed by atoms with van der Waals surface area (Å²) in [5, 5.41) is 4.47. The van der Waals surface area contributed by atoms with Crippen LogP contribution in [-0.4, -0.2) is 47.3 Å². The molecular formula is C25H29N5O4S. The van der Waals surface area contributed by atoms with Crippen LogP contribution in [0.4, 0.5) is 5.82 Å². The number of anilines is 1. The second kappa shape index (κ2) is 8.67. The molecule has 3 heterocycles. The summed E-state index contributed by atoms with van der Waals surface area (Å²) >= 11 is 0. The number of nitrogens with zero attached hydrogens (tertiary/aromatic N) is 4. The number of pyridine rings is 1. The number of amides is 1. The van der Waals surface area contributed by atoms with Crippen molar-refractivity contribution in [3.63, 3.8) is 0 Å². The highest BCUT2D eigenvalue weighted by atomic mass is 32.2.